The Morgan fingerprint density at radius 1 is 1.28 bits per heavy atom. The predicted molar refractivity (Wildman–Crippen MR) is 68.0 cm³/mol. The summed E-state index contributed by atoms with van der Waals surface area (Å²) in [6.45, 7) is 0. The number of nitrogens with zero attached hydrogens (tertiary/aromatic N) is 1. The SMILES string of the molecule is NC1CCC2OC(Cc3ccc(F)cc3)=NC2C1. The minimum absolute atomic E-state index is 0.209. The molecule has 1 aromatic rings. The molecule has 18 heavy (non-hydrogen) atoms. The van der Waals surface area contributed by atoms with Gasteiger partial charge in [-0.25, -0.2) is 9.38 Å². The second kappa shape index (κ2) is 4.69. The molecule has 96 valence electrons. The van der Waals surface area contributed by atoms with Gasteiger partial charge in [-0.3, -0.25) is 0 Å². The zero-order valence-electron chi connectivity index (χ0n) is 10.2. The molecule has 2 N–H and O–H groups in total. The zero-order chi connectivity index (χ0) is 12.5. The van der Waals surface area contributed by atoms with Crippen LogP contribution in [0, 0.1) is 5.82 Å². The number of halogens is 1. The van der Waals surface area contributed by atoms with Crippen LogP contribution in [0.1, 0.15) is 24.8 Å². The van der Waals surface area contributed by atoms with E-state index < -0.39 is 0 Å². The molecule has 0 amide bonds. The number of hydrogen-bond donors (Lipinski definition) is 1. The van der Waals surface area contributed by atoms with Gasteiger partial charge < -0.3 is 10.5 Å². The lowest BCUT2D eigenvalue weighted by atomic mass is 9.90. The molecule has 0 bridgehead atoms. The van der Waals surface area contributed by atoms with E-state index in [0.717, 1.165) is 30.7 Å². The first-order chi connectivity index (χ1) is 8.70. The minimum Gasteiger partial charge on any atom is -0.475 e. The van der Waals surface area contributed by atoms with Gasteiger partial charge in [0.1, 0.15) is 11.9 Å². The molecule has 3 unspecified atom stereocenters. The van der Waals surface area contributed by atoms with Crippen LogP contribution < -0.4 is 5.73 Å². The van der Waals surface area contributed by atoms with Gasteiger partial charge in [0.2, 0.25) is 0 Å². The molecule has 0 aromatic heterocycles. The Balaban J connectivity index is 1.67. The summed E-state index contributed by atoms with van der Waals surface area (Å²) < 4.78 is 18.7. The fraction of sp³-hybridized carbons (Fsp3) is 0.500. The summed E-state index contributed by atoms with van der Waals surface area (Å²) in [5, 5.41) is 0. The van der Waals surface area contributed by atoms with E-state index in [1.54, 1.807) is 12.1 Å². The van der Waals surface area contributed by atoms with Gasteiger partial charge in [0.05, 0.1) is 6.04 Å². The summed E-state index contributed by atoms with van der Waals surface area (Å²) >= 11 is 0. The standard InChI is InChI=1S/C14H17FN2O/c15-10-3-1-9(2-4-10)7-14-17-12-8-11(16)5-6-13(12)18-14/h1-4,11-13H,5-8,16H2. The first kappa shape index (κ1) is 11.7. The second-order valence-corrected chi connectivity index (χ2v) is 5.12. The van der Waals surface area contributed by atoms with Gasteiger partial charge in [0.25, 0.3) is 0 Å². The molecule has 3 atom stereocenters. The van der Waals surface area contributed by atoms with Crippen LogP contribution in [0.25, 0.3) is 0 Å². The summed E-state index contributed by atoms with van der Waals surface area (Å²) in [7, 11) is 0. The van der Waals surface area contributed by atoms with Crippen molar-refractivity contribution in [2.45, 2.75) is 43.9 Å². The lowest BCUT2D eigenvalue weighted by molar-refractivity contribution is 0.142. The third-order valence-corrected chi connectivity index (χ3v) is 3.66. The first-order valence-electron chi connectivity index (χ1n) is 6.44. The van der Waals surface area contributed by atoms with Gasteiger partial charge in [-0.1, -0.05) is 12.1 Å². The van der Waals surface area contributed by atoms with Crippen molar-refractivity contribution in [1.82, 2.24) is 0 Å². The Morgan fingerprint density at radius 2 is 2.06 bits per heavy atom. The monoisotopic (exact) mass is 248 g/mol. The maximum absolute atomic E-state index is 12.8. The average Bonchev–Trinajstić information content (AvgIpc) is 2.73. The van der Waals surface area contributed by atoms with E-state index in [1.165, 1.54) is 12.1 Å². The molecule has 1 saturated carbocycles. The van der Waals surface area contributed by atoms with E-state index in [-0.39, 0.29) is 24.0 Å². The van der Waals surface area contributed by atoms with Crippen molar-refractivity contribution in [1.29, 1.82) is 0 Å². The van der Waals surface area contributed by atoms with Crippen LogP contribution >= 0.6 is 0 Å². The number of rotatable bonds is 2. The van der Waals surface area contributed by atoms with Gasteiger partial charge in [-0.2, -0.15) is 0 Å². The van der Waals surface area contributed by atoms with Gasteiger partial charge >= 0.3 is 0 Å². The van der Waals surface area contributed by atoms with Gasteiger partial charge in [0.15, 0.2) is 5.90 Å². The Bertz CT molecular complexity index is 457. The molecule has 1 fully saturated rings. The number of ether oxygens (including phenoxy) is 1. The summed E-state index contributed by atoms with van der Waals surface area (Å²) in [6.07, 6.45) is 3.77. The van der Waals surface area contributed by atoms with Crippen LogP contribution in [0.15, 0.2) is 29.3 Å². The van der Waals surface area contributed by atoms with Crippen LogP contribution in [0.3, 0.4) is 0 Å². The highest BCUT2D eigenvalue weighted by molar-refractivity contribution is 5.80. The van der Waals surface area contributed by atoms with Crippen LogP contribution in [0.5, 0.6) is 0 Å². The van der Waals surface area contributed by atoms with E-state index >= 15 is 0 Å². The van der Waals surface area contributed by atoms with Gasteiger partial charge in [-0.05, 0) is 37.0 Å². The molecular formula is C14H17FN2O. The molecule has 4 heteroatoms. The Morgan fingerprint density at radius 3 is 2.83 bits per heavy atom. The number of hydrogen-bond acceptors (Lipinski definition) is 3. The Kier molecular flexibility index (Phi) is 3.04. The highest BCUT2D eigenvalue weighted by atomic mass is 19.1. The molecule has 0 saturated heterocycles. The molecular weight excluding hydrogens is 231 g/mol. The van der Waals surface area contributed by atoms with E-state index in [9.17, 15) is 4.39 Å². The highest BCUT2D eigenvalue weighted by Gasteiger charge is 2.35. The molecule has 3 nitrogen and oxygen atoms in total. The fourth-order valence-electron chi connectivity index (χ4n) is 2.68. The molecule has 1 aliphatic carbocycles. The maximum Gasteiger partial charge on any atom is 0.188 e. The highest BCUT2D eigenvalue weighted by Crippen LogP contribution is 2.28. The number of aliphatic imine (C=N–C) groups is 1. The van der Waals surface area contributed by atoms with Crippen molar-refractivity contribution in [2.75, 3.05) is 0 Å². The van der Waals surface area contributed by atoms with Crippen LogP contribution in [0.2, 0.25) is 0 Å². The molecule has 3 rings (SSSR count). The Labute approximate surface area is 106 Å². The van der Waals surface area contributed by atoms with Crippen LogP contribution in [0.4, 0.5) is 4.39 Å². The summed E-state index contributed by atoms with van der Waals surface area (Å²) in [5.41, 5.74) is 6.96. The van der Waals surface area contributed by atoms with Crippen molar-refractivity contribution < 1.29 is 9.13 Å². The van der Waals surface area contributed by atoms with Crippen molar-refractivity contribution >= 4 is 5.90 Å². The quantitative estimate of drug-likeness (QED) is 0.870. The molecule has 0 spiro atoms. The van der Waals surface area contributed by atoms with Crippen LogP contribution in [-0.2, 0) is 11.2 Å². The Hall–Kier alpha value is -1.42. The second-order valence-electron chi connectivity index (χ2n) is 5.12. The lowest BCUT2D eigenvalue weighted by Gasteiger charge is -2.26. The third-order valence-electron chi connectivity index (χ3n) is 3.66. The fourth-order valence-corrected chi connectivity index (χ4v) is 2.68. The molecule has 1 heterocycles. The van der Waals surface area contributed by atoms with E-state index in [4.69, 9.17) is 10.5 Å². The number of benzene rings is 1. The van der Waals surface area contributed by atoms with Gasteiger partial charge in [0, 0.05) is 12.5 Å². The largest absolute Gasteiger partial charge is 0.475 e. The van der Waals surface area contributed by atoms with Crippen molar-refractivity contribution in [3.8, 4) is 0 Å². The van der Waals surface area contributed by atoms with Crippen molar-refractivity contribution in [3.05, 3.63) is 35.6 Å². The van der Waals surface area contributed by atoms with E-state index in [2.05, 4.69) is 4.99 Å². The van der Waals surface area contributed by atoms with Gasteiger partial charge in [-0.15, -0.1) is 0 Å². The predicted octanol–water partition coefficient (Wildman–Crippen LogP) is 2.05. The average molecular weight is 248 g/mol. The molecule has 0 radical (unpaired) electrons. The third kappa shape index (κ3) is 2.38. The minimum atomic E-state index is -0.215. The molecule has 1 aliphatic heterocycles. The molecule has 2 aliphatic rings. The van der Waals surface area contributed by atoms with E-state index in [0.29, 0.717) is 6.42 Å². The first-order valence-corrected chi connectivity index (χ1v) is 6.44. The number of nitrogens with two attached hydrogens (primary N) is 1. The smallest absolute Gasteiger partial charge is 0.188 e. The number of fused-ring (bicyclic) bond motifs is 1. The van der Waals surface area contributed by atoms with Crippen molar-refractivity contribution in [3.63, 3.8) is 0 Å². The summed E-state index contributed by atoms with van der Waals surface area (Å²) in [4.78, 5) is 4.60. The normalized spacial score (nSPS) is 30.6. The topological polar surface area (TPSA) is 47.6 Å². The lowest BCUT2D eigenvalue weighted by Crippen LogP contribution is -2.37. The molecule has 1 aromatic carbocycles. The summed E-state index contributed by atoms with van der Waals surface area (Å²) in [5.74, 6) is 0.554. The maximum atomic E-state index is 12.8. The van der Waals surface area contributed by atoms with E-state index in [1.807, 2.05) is 0 Å². The summed E-state index contributed by atoms with van der Waals surface area (Å²) in [6, 6.07) is 6.96. The van der Waals surface area contributed by atoms with Crippen molar-refractivity contribution in [2.24, 2.45) is 10.7 Å². The van der Waals surface area contributed by atoms with Crippen LogP contribution in [-0.4, -0.2) is 24.1 Å². The zero-order valence-corrected chi connectivity index (χ0v) is 10.2.